The Labute approximate surface area is 144 Å². The third-order valence-corrected chi connectivity index (χ3v) is 5.82. The van der Waals surface area contributed by atoms with Crippen molar-refractivity contribution in [1.82, 2.24) is 14.6 Å². The summed E-state index contributed by atoms with van der Waals surface area (Å²) < 4.78 is 13.6. The average molecular weight is 348 g/mol. The maximum Gasteiger partial charge on any atom is 0.231 e. The van der Waals surface area contributed by atoms with Gasteiger partial charge in [0.25, 0.3) is 0 Å². The van der Waals surface area contributed by atoms with Crippen LogP contribution in [0.15, 0.2) is 23.5 Å². The van der Waals surface area contributed by atoms with Crippen LogP contribution in [-0.2, 0) is 15.3 Å². The van der Waals surface area contributed by atoms with Crippen molar-refractivity contribution in [3.8, 4) is 6.07 Å². The van der Waals surface area contributed by atoms with Crippen molar-refractivity contribution in [1.29, 1.82) is 5.26 Å². The highest BCUT2D eigenvalue weighted by Gasteiger charge is 2.65. The molecule has 0 unspecified atom stereocenters. The molecule has 1 aliphatic heterocycles. The number of nitrogens with zero attached hydrogens (tertiary/aromatic N) is 4. The molecule has 3 rings (SSSR count). The Balaban J connectivity index is 2.27. The van der Waals surface area contributed by atoms with Crippen molar-refractivity contribution in [2.24, 2.45) is 11.3 Å². The van der Waals surface area contributed by atoms with E-state index in [1.165, 1.54) is 25.2 Å². The second-order valence-electron chi connectivity index (χ2n) is 6.05. The van der Waals surface area contributed by atoms with E-state index in [-0.39, 0.29) is 12.5 Å². The third-order valence-electron chi connectivity index (χ3n) is 5.12. The summed E-state index contributed by atoms with van der Waals surface area (Å²) in [6.45, 7) is 3.51. The maximum atomic E-state index is 9.91. The van der Waals surface area contributed by atoms with Crippen molar-refractivity contribution < 1.29 is 14.6 Å². The van der Waals surface area contributed by atoms with Crippen LogP contribution in [0.1, 0.15) is 19.5 Å². The number of thioether (sulfide) groups is 1. The molecule has 0 amide bonds. The summed E-state index contributed by atoms with van der Waals surface area (Å²) >= 11 is 1.51. The van der Waals surface area contributed by atoms with Crippen LogP contribution < -0.4 is 0 Å². The van der Waals surface area contributed by atoms with Crippen molar-refractivity contribution >= 4 is 17.3 Å². The number of ether oxygens (including phenoxy) is 2. The van der Waals surface area contributed by atoms with E-state index in [0.29, 0.717) is 5.69 Å². The Morgan fingerprint density at radius 2 is 2.29 bits per heavy atom. The fraction of sp³-hybridized carbons (Fsp3) is 0.562. The number of hydrogen-bond donors (Lipinski definition) is 1. The highest BCUT2D eigenvalue weighted by Crippen LogP contribution is 2.56. The lowest BCUT2D eigenvalue weighted by molar-refractivity contribution is -0.258. The zero-order chi connectivity index (χ0) is 17.5. The van der Waals surface area contributed by atoms with Gasteiger partial charge in [-0.3, -0.25) is 0 Å². The second-order valence-corrected chi connectivity index (χ2v) is 6.84. The summed E-state index contributed by atoms with van der Waals surface area (Å²) in [5, 5.41) is 24.7. The van der Waals surface area contributed by atoms with Gasteiger partial charge in [-0.2, -0.15) is 10.4 Å². The molecule has 2 aromatic heterocycles. The Morgan fingerprint density at radius 1 is 1.54 bits per heavy atom. The second kappa shape index (κ2) is 6.01. The van der Waals surface area contributed by atoms with Crippen LogP contribution in [0, 0.1) is 22.7 Å². The molecule has 3 heterocycles. The fourth-order valence-corrected chi connectivity index (χ4v) is 4.00. The van der Waals surface area contributed by atoms with Gasteiger partial charge in [0.05, 0.1) is 24.3 Å². The van der Waals surface area contributed by atoms with Gasteiger partial charge in [0, 0.05) is 13.0 Å². The Morgan fingerprint density at radius 3 is 2.88 bits per heavy atom. The number of hydrogen-bond acceptors (Lipinski definition) is 7. The minimum Gasteiger partial charge on any atom is -0.394 e. The molecule has 7 nitrogen and oxygen atoms in total. The summed E-state index contributed by atoms with van der Waals surface area (Å²) in [6, 6.07) is 6.09. The highest BCUT2D eigenvalue weighted by molar-refractivity contribution is 7.98. The smallest absolute Gasteiger partial charge is 0.231 e. The number of aliphatic hydroxyl groups excluding tert-OH is 1. The molecule has 1 fully saturated rings. The summed E-state index contributed by atoms with van der Waals surface area (Å²) in [4.78, 5) is 4.26. The zero-order valence-corrected chi connectivity index (χ0v) is 14.9. The van der Waals surface area contributed by atoms with Gasteiger partial charge < -0.3 is 14.6 Å². The minimum atomic E-state index is -1.33. The van der Waals surface area contributed by atoms with Crippen LogP contribution >= 0.6 is 11.8 Å². The fourth-order valence-electron chi connectivity index (χ4n) is 3.49. The monoisotopic (exact) mass is 348 g/mol. The normalized spacial score (nSPS) is 33.0. The summed E-state index contributed by atoms with van der Waals surface area (Å²) in [5.74, 6) is -1.55. The molecule has 0 aliphatic carbocycles. The first-order chi connectivity index (χ1) is 11.5. The van der Waals surface area contributed by atoms with E-state index in [1.54, 1.807) is 11.4 Å². The van der Waals surface area contributed by atoms with Crippen molar-refractivity contribution in [3.05, 3.63) is 24.2 Å². The predicted octanol–water partition coefficient (Wildman–Crippen LogP) is 1.81. The lowest BCUT2D eigenvalue weighted by Gasteiger charge is -2.37. The van der Waals surface area contributed by atoms with Crippen molar-refractivity contribution in [3.63, 3.8) is 0 Å². The standard InChI is InChI=1S/C16H20N4O3S/c1-10-12(7-21)23-16(22-3,15(10,2)8-17)13-6-5-11-14(24-4)18-9-19-20(11)13/h5-6,9-10,12,21H,7H2,1-4H3/t10-,12-,15-,16+/m1/s1. The Hall–Kier alpha value is -1.66. The van der Waals surface area contributed by atoms with Crippen LogP contribution in [0.4, 0.5) is 0 Å². The minimum absolute atomic E-state index is 0.183. The molecular weight excluding hydrogens is 328 g/mol. The van der Waals surface area contributed by atoms with Gasteiger partial charge in [-0.15, -0.1) is 11.8 Å². The number of rotatable bonds is 4. The van der Waals surface area contributed by atoms with Crippen LogP contribution in [-0.4, -0.2) is 45.8 Å². The first kappa shape index (κ1) is 17.2. The SMILES string of the molecule is CO[C@@]1(c2ccc3c(SC)ncnn23)O[C@H](CO)[C@@H](C)[C@@]1(C)C#N. The predicted molar refractivity (Wildman–Crippen MR) is 88.3 cm³/mol. The Kier molecular flexibility index (Phi) is 4.30. The molecule has 0 spiro atoms. The molecule has 0 aromatic carbocycles. The molecule has 128 valence electrons. The first-order valence-electron chi connectivity index (χ1n) is 7.61. The molecular formula is C16H20N4O3S. The molecule has 1 N–H and O–H groups in total. The topological polar surface area (TPSA) is 92.7 Å². The third kappa shape index (κ3) is 2.02. The van der Waals surface area contributed by atoms with Crippen LogP contribution in [0.3, 0.4) is 0 Å². The summed E-state index contributed by atoms with van der Waals surface area (Å²) in [5.41, 5.74) is 0.443. The first-order valence-corrected chi connectivity index (χ1v) is 8.83. The van der Waals surface area contributed by atoms with Crippen molar-refractivity contribution in [2.75, 3.05) is 20.0 Å². The van der Waals surface area contributed by atoms with Gasteiger partial charge >= 0.3 is 0 Å². The lowest BCUT2D eigenvalue weighted by Crippen LogP contribution is -2.44. The lowest BCUT2D eigenvalue weighted by atomic mass is 9.72. The van der Waals surface area contributed by atoms with E-state index in [2.05, 4.69) is 16.2 Å². The van der Waals surface area contributed by atoms with Crippen LogP contribution in [0.25, 0.3) is 5.52 Å². The number of nitriles is 1. The molecule has 0 radical (unpaired) electrons. The van der Waals surface area contributed by atoms with Gasteiger partial charge in [0.15, 0.2) is 0 Å². The number of aromatic nitrogens is 3. The molecule has 24 heavy (non-hydrogen) atoms. The number of fused-ring (bicyclic) bond motifs is 1. The average Bonchev–Trinajstić information content (AvgIpc) is 3.14. The quantitative estimate of drug-likeness (QED) is 0.842. The molecule has 0 bridgehead atoms. The van der Waals surface area contributed by atoms with Gasteiger partial charge in [0.2, 0.25) is 5.79 Å². The van der Waals surface area contributed by atoms with Gasteiger partial charge in [-0.05, 0) is 25.3 Å². The molecule has 0 saturated carbocycles. The van der Waals surface area contributed by atoms with E-state index in [9.17, 15) is 10.4 Å². The van der Waals surface area contributed by atoms with E-state index in [0.717, 1.165) is 10.5 Å². The van der Waals surface area contributed by atoms with E-state index in [1.807, 2.05) is 25.3 Å². The molecule has 4 atom stereocenters. The largest absolute Gasteiger partial charge is 0.394 e. The number of methoxy groups -OCH3 is 1. The Bertz CT molecular complexity index is 804. The van der Waals surface area contributed by atoms with Gasteiger partial charge in [-0.1, -0.05) is 6.92 Å². The van der Waals surface area contributed by atoms with Gasteiger partial charge in [0.1, 0.15) is 22.5 Å². The highest BCUT2D eigenvalue weighted by atomic mass is 32.2. The van der Waals surface area contributed by atoms with E-state index >= 15 is 0 Å². The zero-order valence-electron chi connectivity index (χ0n) is 14.1. The van der Waals surface area contributed by atoms with Crippen LogP contribution in [0.2, 0.25) is 0 Å². The molecule has 1 aliphatic rings. The van der Waals surface area contributed by atoms with Gasteiger partial charge in [-0.25, -0.2) is 9.50 Å². The van der Waals surface area contributed by atoms with E-state index < -0.39 is 17.3 Å². The van der Waals surface area contributed by atoms with Crippen molar-refractivity contribution in [2.45, 2.75) is 30.8 Å². The molecule has 8 heteroatoms. The summed E-state index contributed by atoms with van der Waals surface area (Å²) in [6.07, 6.45) is 2.91. The number of aliphatic hydroxyl groups is 1. The maximum absolute atomic E-state index is 9.91. The van der Waals surface area contributed by atoms with E-state index in [4.69, 9.17) is 9.47 Å². The summed E-state index contributed by atoms with van der Waals surface area (Å²) in [7, 11) is 1.51. The molecule has 2 aromatic rings. The van der Waals surface area contributed by atoms with Crippen LogP contribution in [0.5, 0.6) is 0 Å². The molecule has 1 saturated heterocycles.